The van der Waals surface area contributed by atoms with Gasteiger partial charge in [-0.2, -0.15) is 9.41 Å². The number of hydrogen-bond acceptors (Lipinski definition) is 4. The van der Waals surface area contributed by atoms with E-state index < -0.39 is 10.0 Å². The Bertz CT molecular complexity index is 892. The van der Waals surface area contributed by atoms with Gasteiger partial charge in [-0.05, 0) is 36.8 Å². The number of hydrogen-bond donors (Lipinski definition) is 2. The molecular weight excluding hydrogens is 372 g/mol. The van der Waals surface area contributed by atoms with Crippen LogP contribution in [0.25, 0.3) is 0 Å². The van der Waals surface area contributed by atoms with Crippen LogP contribution in [-0.2, 0) is 10.0 Å². The van der Waals surface area contributed by atoms with Crippen LogP contribution >= 0.6 is 11.6 Å². The van der Waals surface area contributed by atoms with Gasteiger partial charge in [0.15, 0.2) is 0 Å². The molecule has 1 heterocycles. The van der Waals surface area contributed by atoms with Gasteiger partial charge in [0, 0.05) is 0 Å². The maximum absolute atomic E-state index is 12.7. The first kappa shape index (κ1) is 18.8. The van der Waals surface area contributed by atoms with Crippen LogP contribution in [0.4, 0.5) is 5.69 Å². The minimum absolute atomic E-state index is 0.315. The number of anilines is 1. The van der Waals surface area contributed by atoms with Gasteiger partial charge in [-0.15, -0.1) is 0 Å². The summed E-state index contributed by atoms with van der Waals surface area (Å²) in [6.07, 6.45) is 0. The van der Waals surface area contributed by atoms with Crippen LogP contribution in [0, 0.1) is 0 Å². The minimum Gasteiger partial charge on any atom is -0.344 e. The zero-order valence-corrected chi connectivity index (χ0v) is 16.1. The molecular formula is C18H22ClN4O2S+. The summed E-state index contributed by atoms with van der Waals surface area (Å²) < 4.78 is 26.9. The van der Waals surface area contributed by atoms with E-state index in [0.29, 0.717) is 23.0 Å². The Kier molecular flexibility index (Phi) is 5.93. The number of nitrogens with two attached hydrogens (primary N) is 1. The first-order valence-electron chi connectivity index (χ1n) is 8.45. The third kappa shape index (κ3) is 4.24. The van der Waals surface area contributed by atoms with Crippen molar-refractivity contribution in [1.29, 1.82) is 0 Å². The molecule has 3 rings (SSSR count). The SMILES string of the molecule is C/C(=N/Nc1ccccc1Cl)c1ccc(S(=O)(=O)N2CC[NH2+]CC2)cc1. The van der Waals surface area contributed by atoms with Gasteiger partial charge in [-0.3, -0.25) is 5.43 Å². The molecule has 1 aliphatic heterocycles. The van der Waals surface area contributed by atoms with E-state index in [-0.39, 0.29) is 0 Å². The molecule has 0 saturated carbocycles. The topological polar surface area (TPSA) is 78.4 Å². The molecule has 8 heteroatoms. The smallest absolute Gasteiger partial charge is 0.243 e. The van der Waals surface area contributed by atoms with Crippen LogP contribution in [-0.4, -0.2) is 44.6 Å². The Morgan fingerprint density at radius 2 is 1.77 bits per heavy atom. The van der Waals surface area contributed by atoms with Gasteiger partial charge in [0.25, 0.3) is 0 Å². The lowest BCUT2D eigenvalue weighted by molar-refractivity contribution is -0.661. The molecule has 1 saturated heterocycles. The van der Waals surface area contributed by atoms with Crippen LogP contribution in [0.5, 0.6) is 0 Å². The minimum atomic E-state index is -3.42. The zero-order chi connectivity index (χ0) is 18.6. The Balaban J connectivity index is 1.74. The summed E-state index contributed by atoms with van der Waals surface area (Å²) in [5.74, 6) is 0. The number of benzene rings is 2. The molecule has 0 aliphatic carbocycles. The maximum Gasteiger partial charge on any atom is 0.243 e. The van der Waals surface area contributed by atoms with E-state index in [1.54, 1.807) is 34.6 Å². The first-order chi connectivity index (χ1) is 12.5. The lowest BCUT2D eigenvalue weighted by Gasteiger charge is -2.24. The van der Waals surface area contributed by atoms with Crippen molar-refractivity contribution in [3.05, 3.63) is 59.1 Å². The summed E-state index contributed by atoms with van der Waals surface area (Å²) in [6, 6.07) is 14.2. The number of nitrogens with zero attached hydrogens (tertiary/aromatic N) is 2. The molecule has 138 valence electrons. The highest BCUT2D eigenvalue weighted by Crippen LogP contribution is 2.21. The Hall–Kier alpha value is -1.93. The highest BCUT2D eigenvalue weighted by Gasteiger charge is 2.27. The number of piperazine rings is 1. The van der Waals surface area contributed by atoms with E-state index in [9.17, 15) is 8.42 Å². The van der Waals surface area contributed by atoms with E-state index in [2.05, 4.69) is 15.8 Å². The van der Waals surface area contributed by atoms with Crippen molar-refractivity contribution in [1.82, 2.24) is 4.31 Å². The van der Waals surface area contributed by atoms with E-state index in [1.807, 2.05) is 25.1 Å². The molecule has 0 atom stereocenters. The van der Waals surface area contributed by atoms with Crippen LogP contribution in [0.2, 0.25) is 5.02 Å². The first-order valence-corrected chi connectivity index (χ1v) is 10.3. The Labute approximate surface area is 158 Å². The fourth-order valence-electron chi connectivity index (χ4n) is 2.74. The Morgan fingerprint density at radius 1 is 1.12 bits per heavy atom. The van der Waals surface area contributed by atoms with Gasteiger partial charge >= 0.3 is 0 Å². The van der Waals surface area contributed by atoms with Crippen molar-refractivity contribution in [3.8, 4) is 0 Å². The number of hydrazone groups is 1. The second-order valence-electron chi connectivity index (χ2n) is 6.08. The quantitative estimate of drug-likeness (QED) is 0.600. The molecule has 0 amide bonds. The third-order valence-electron chi connectivity index (χ3n) is 4.29. The molecule has 1 aliphatic rings. The maximum atomic E-state index is 12.7. The number of nitrogens with one attached hydrogen (secondary N) is 1. The molecule has 2 aromatic carbocycles. The van der Waals surface area contributed by atoms with E-state index >= 15 is 0 Å². The zero-order valence-electron chi connectivity index (χ0n) is 14.5. The molecule has 3 N–H and O–H groups in total. The summed E-state index contributed by atoms with van der Waals surface area (Å²) in [7, 11) is -3.42. The predicted octanol–water partition coefficient (Wildman–Crippen LogP) is 1.74. The molecule has 0 bridgehead atoms. The second-order valence-corrected chi connectivity index (χ2v) is 8.43. The van der Waals surface area contributed by atoms with Crippen LogP contribution < -0.4 is 10.7 Å². The summed E-state index contributed by atoms with van der Waals surface area (Å²) in [6.45, 7) is 4.56. The second kappa shape index (κ2) is 8.18. The van der Waals surface area contributed by atoms with Crippen LogP contribution in [0.3, 0.4) is 0 Å². The molecule has 1 fully saturated rings. The average Bonchev–Trinajstić information content (AvgIpc) is 2.68. The molecule has 0 spiro atoms. The number of para-hydroxylation sites is 1. The summed E-state index contributed by atoms with van der Waals surface area (Å²) >= 11 is 6.09. The van der Waals surface area contributed by atoms with Crippen molar-refractivity contribution in [3.63, 3.8) is 0 Å². The van der Waals surface area contributed by atoms with Gasteiger partial charge in [-0.25, -0.2) is 8.42 Å². The number of quaternary nitrogens is 1. The molecule has 2 aromatic rings. The summed E-state index contributed by atoms with van der Waals surface area (Å²) in [4.78, 5) is 0.315. The fraction of sp³-hybridized carbons (Fsp3) is 0.278. The van der Waals surface area contributed by atoms with Crippen molar-refractivity contribution in [2.45, 2.75) is 11.8 Å². The predicted molar refractivity (Wildman–Crippen MR) is 104 cm³/mol. The largest absolute Gasteiger partial charge is 0.344 e. The van der Waals surface area contributed by atoms with E-state index in [0.717, 1.165) is 30.1 Å². The van der Waals surface area contributed by atoms with E-state index in [1.165, 1.54) is 0 Å². The van der Waals surface area contributed by atoms with Gasteiger partial charge in [0.2, 0.25) is 10.0 Å². The van der Waals surface area contributed by atoms with Gasteiger partial charge < -0.3 is 5.32 Å². The monoisotopic (exact) mass is 393 g/mol. The standard InChI is InChI=1S/C18H21ClN4O2S/c1-14(21-22-18-5-3-2-4-17(18)19)15-6-8-16(9-7-15)26(24,25)23-12-10-20-11-13-23/h2-9,20,22H,10-13H2,1H3/p+1/b21-14-. The fourth-order valence-corrected chi connectivity index (χ4v) is 4.39. The normalized spacial score (nSPS) is 16.5. The highest BCUT2D eigenvalue weighted by atomic mass is 35.5. The van der Waals surface area contributed by atoms with Crippen LogP contribution in [0.15, 0.2) is 58.5 Å². The lowest BCUT2D eigenvalue weighted by Crippen LogP contribution is -2.89. The van der Waals surface area contributed by atoms with Gasteiger partial charge in [-0.1, -0.05) is 35.9 Å². The molecule has 6 nitrogen and oxygen atoms in total. The highest BCUT2D eigenvalue weighted by molar-refractivity contribution is 7.89. The van der Waals surface area contributed by atoms with Crippen molar-refractivity contribution in [2.75, 3.05) is 31.6 Å². The van der Waals surface area contributed by atoms with Crippen molar-refractivity contribution >= 4 is 33.0 Å². The van der Waals surface area contributed by atoms with Crippen LogP contribution in [0.1, 0.15) is 12.5 Å². The lowest BCUT2D eigenvalue weighted by atomic mass is 10.1. The van der Waals surface area contributed by atoms with Gasteiger partial charge in [0.1, 0.15) is 0 Å². The number of halogens is 1. The molecule has 0 aromatic heterocycles. The number of sulfonamides is 1. The third-order valence-corrected chi connectivity index (χ3v) is 6.54. The van der Waals surface area contributed by atoms with E-state index in [4.69, 9.17) is 11.6 Å². The molecule has 0 radical (unpaired) electrons. The van der Waals surface area contributed by atoms with Crippen molar-refractivity contribution in [2.24, 2.45) is 5.10 Å². The Morgan fingerprint density at radius 3 is 2.42 bits per heavy atom. The number of rotatable bonds is 5. The molecule has 26 heavy (non-hydrogen) atoms. The van der Waals surface area contributed by atoms with Gasteiger partial charge in [0.05, 0.1) is 47.5 Å². The molecule has 0 unspecified atom stereocenters. The summed E-state index contributed by atoms with van der Waals surface area (Å²) in [5.41, 5.74) is 5.23. The van der Waals surface area contributed by atoms with Crippen molar-refractivity contribution < 1.29 is 13.7 Å². The average molecular weight is 394 g/mol. The summed E-state index contributed by atoms with van der Waals surface area (Å²) in [5, 5.41) is 7.04.